The number of Topliss-reactive ketones (excluding diaryl/α,β-unsaturated/α-hetero) is 1. The van der Waals surface area contributed by atoms with Crippen molar-refractivity contribution in [3.8, 4) is 0 Å². The minimum Gasteiger partial charge on any atom is -0.506 e. The maximum atomic E-state index is 13.9. The van der Waals surface area contributed by atoms with Gasteiger partial charge < -0.3 is 15.2 Å². The number of carbonyl (C=O) groups excluding carboxylic acids is 1. The van der Waals surface area contributed by atoms with Gasteiger partial charge in [0.1, 0.15) is 28.8 Å². The topological polar surface area (TPSA) is 86.2 Å². The normalized spacial score (nSPS) is 13.1. The van der Waals surface area contributed by atoms with Crippen LogP contribution in [0.3, 0.4) is 0 Å². The lowest BCUT2D eigenvalue weighted by Gasteiger charge is -2.16. The van der Waals surface area contributed by atoms with E-state index in [1.54, 1.807) is 49.4 Å². The molecule has 0 aliphatic heterocycles. The van der Waals surface area contributed by atoms with Crippen molar-refractivity contribution in [2.75, 3.05) is 0 Å². The number of ketones is 1. The van der Waals surface area contributed by atoms with Crippen LogP contribution in [0.2, 0.25) is 0 Å². The molecule has 0 aliphatic carbocycles. The van der Waals surface area contributed by atoms with Crippen LogP contribution in [0.15, 0.2) is 60.7 Å². The molecule has 1 heterocycles. The highest BCUT2D eigenvalue weighted by Gasteiger charge is 2.26. The molecule has 3 N–H and O–H groups in total. The predicted molar refractivity (Wildman–Crippen MR) is 123 cm³/mol. The number of aliphatic hydroxyl groups is 2. The van der Waals surface area contributed by atoms with Crippen molar-refractivity contribution in [2.45, 2.75) is 26.4 Å². The first-order chi connectivity index (χ1) is 15.8. The van der Waals surface area contributed by atoms with Crippen LogP contribution in [0.4, 0.5) is 8.78 Å². The molecule has 168 valence electrons. The van der Waals surface area contributed by atoms with Crippen LogP contribution in [0, 0.1) is 18.6 Å². The lowest BCUT2D eigenvalue weighted by atomic mass is 9.91. The highest BCUT2D eigenvalue weighted by atomic mass is 19.1. The third-order valence-electron chi connectivity index (χ3n) is 5.59. The Balaban J connectivity index is 1.96. The zero-order valence-corrected chi connectivity index (χ0v) is 18.1. The minimum atomic E-state index is -0.891. The molecule has 0 unspecified atom stereocenters. The molecule has 0 aliphatic rings. The molecule has 0 saturated heterocycles. The summed E-state index contributed by atoms with van der Waals surface area (Å²) in [7, 11) is 0. The van der Waals surface area contributed by atoms with Gasteiger partial charge in [-0.2, -0.15) is 0 Å². The molecule has 1 aromatic heterocycles. The van der Waals surface area contributed by atoms with Crippen molar-refractivity contribution in [3.05, 3.63) is 100 Å². The SMILES string of the molecule is CC[C@H](O)c1cccc(C(=O)C(=C(O)c2cc(F)cc(F)c2)c2nc3ccccc3[nH]2)c1C. The van der Waals surface area contributed by atoms with Crippen LogP contribution in [0.1, 0.15) is 52.3 Å². The first-order valence-corrected chi connectivity index (χ1v) is 10.5. The molecule has 0 fully saturated rings. The second-order valence-corrected chi connectivity index (χ2v) is 7.76. The third kappa shape index (κ3) is 4.27. The van der Waals surface area contributed by atoms with Crippen LogP contribution in [0.25, 0.3) is 22.4 Å². The van der Waals surface area contributed by atoms with Crippen molar-refractivity contribution in [2.24, 2.45) is 0 Å². The third-order valence-corrected chi connectivity index (χ3v) is 5.59. The summed E-state index contributed by atoms with van der Waals surface area (Å²) >= 11 is 0. The van der Waals surface area contributed by atoms with Gasteiger partial charge in [-0.25, -0.2) is 13.8 Å². The van der Waals surface area contributed by atoms with E-state index in [9.17, 15) is 23.8 Å². The van der Waals surface area contributed by atoms with Gasteiger partial charge >= 0.3 is 0 Å². The second-order valence-electron chi connectivity index (χ2n) is 7.76. The first-order valence-electron chi connectivity index (χ1n) is 10.5. The number of aromatic amines is 1. The zero-order valence-electron chi connectivity index (χ0n) is 18.1. The number of para-hydroxylation sites is 2. The van der Waals surface area contributed by atoms with E-state index in [4.69, 9.17) is 0 Å². The van der Waals surface area contributed by atoms with Gasteiger partial charge in [0.05, 0.1) is 17.1 Å². The summed E-state index contributed by atoms with van der Waals surface area (Å²) in [6, 6.07) is 14.6. The summed E-state index contributed by atoms with van der Waals surface area (Å²) in [5, 5.41) is 21.4. The van der Waals surface area contributed by atoms with E-state index >= 15 is 0 Å². The molecule has 5 nitrogen and oxygen atoms in total. The van der Waals surface area contributed by atoms with Gasteiger partial charge in [0.25, 0.3) is 0 Å². The average molecular weight is 448 g/mol. The molecule has 7 heteroatoms. The highest BCUT2D eigenvalue weighted by Crippen LogP contribution is 2.31. The van der Waals surface area contributed by atoms with Gasteiger partial charge in [-0.1, -0.05) is 37.3 Å². The largest absolute Gasteiger partial charge is 0.506 e. The molecule has 0 amide bonds. The highest BCUT2D eigenvalue weighted by molar-refractivity contribution is 6.33. The van der Waals surface area contributed by atoms with E-state index in [0.29, 0.717) is 34.6 Å². The number of H-pyrrole nitrogens is 1. The molecule has 4 aromatic rings. The standard InChI is InChI=1S/C26H22F2N2O3/c1-3-22(31)18-7-6-8-19(14(18)2)25(33)23(24(32)15-11-16(27)13-17(28)12-15)26-29-20-9-4-5-10-21(20)30-26/h4-13,22,31-32H,3H2,1-2H3,(H,29,30)/t22-/m0/s1. The van der Waals surface area contributed by atoms with E-state index in [0.717, 1.165) is 12.1 Å². The van der Waals surface area contributed by atoms with E-state index in [-0.39, 0.29) is 22.5 Å². The molecular formula is C26H22F2N2O3. The molecule has 33 heavy (non-hydrogen) atoms. The summed E-state index contributed by atoms with van der Waals surface area (Å²) < 4.78 is 27.8. The molecule has 1 atom stereocenters. The van der Waals surface area contributed by atoms with Crippen molar-refractivity contribution < 1.29 is 23.8 Å². The van der Waals surface area contributed by atoms with Crippen LogP contribution in [-0.2, 0) is 0 Å². The molecule has 3 aromatic carbocycles. The van der Waals surface area contributed by atoms with Crippen molar-refractivity contribution >= 4 is 28.1 Å². The fraction of sp³-hybridized carbons (Fsp3) is 0.154. The monoisotopic (exact) mass is 448 g/mol. The van der Waals surface area contributed by atoms with Gasteiger partial charge in [-0.3, -0.25) is 4.79 Å². The summed E-state index contributed by atoms with van der Waals surface area (Å²) in [6.45, 7) is 3.53. The van der Waals surface area contributed by atoms with Crippen LogP contribution in [-0.4, -0.2) is 26.0 Å². The van der Waals surface area contributed by atoms with Gasteiger partial charge in [0.2, 0.25) is 5.78 Å². The Morgan fingerprint density at radius 2 is 1.76 bits per heavy atom. The van der Waals surface area contributed by atoms with Gasteiger partial charge in [-0.15, -0.1) is 0 Å². The Hall–Kier alpha value is -3.84. The molecule has 0 bridgehead atoms. The van der Waals surface area contributed by atoms with E-state index < -0.39 is 29.3 Å². The second kappa shape index (κ2) is 8.96. The Morgan fingerprint density at radius 1 is 1.06 bits per heavy atom. The lowest BCUT2D eigenvalue weighted by Crippen LogP contribution is -2.11. The van der Waals surface area contributed by atoms with Crippen molar-refractivity contribution in [1.29, 1.82) is 0 Å². The summed E-state index contributed by atoms with van der Waals surface area (Å²) in [4.78, 5) is 21.2. The smallest absolute Gasteiger partial charge is 0.200 e. The Labute approximate surface area is 189 Å². The first kappa shape index (κ1) is 22.4. The number of imidazole rings is 1. The molecule has 0 saturated carbocycles. The zero-order chi connectivity index (χ0) is 23.7. The number of nitrogens with zero attached hydrogens (tertiary/aromatic N) is 1. The number of nitrogens with one attached hydrogen (secondary N) is 1. The van der Waals surface area contributed by atoms with E-state index in [1.165, 1.54) is 0 Å². The van der Waals surface area contributed by atoms with Crippen LogP contribution in [0.5, 0.6) is 0 Å². The summed E-state index contributed by atoms with van der Waals surface area (Å²) in [6.07, 6.45) is -0.305. The quantitative estimate of drug-likeness (QED) is 0.195. The number of hydrogen-bond donors (Lipinski definition) is 3. The van der Waals surface area contributed by atoms with Crippen molar-refractivity contribution in [3.63, 3.8) is 0 Å². The fourth-order valence-corrected chi connectivity index (χ4v) is 3.85. The lowest BCUT2D eigenvalue weighted by molar-refractivity contribution is 0.105. The number of aromatic nitrogens is 2. The number of aliphatic hydroxyl groups excluding tert-OH is 2. The number of carbonyl (C=O) groups is 1. The summed E-state index contributed by atoms with van der Waals surface area (Å²) in [5.74, 6) is -2.93. The number of rotatable bonds is 6. The Bertz CT molecular complexity index is 1340. The number of fused-ring (bicyclic) bond motifs is 1. The predicted octanol–water partition coefficient (Wildman–Crippen LogP) is 5.90. The van der Waals surface area contributed by atoms with Gasteiger partial charge in [0.15, 0.2) is 0 Å². The van der Waals surface area contributed by atoms with E-state index in [2.05, 4.69) is 9.97 Å². The number of halogens is 2. The number of hydrogen-bond acceptors (Lipinski definition) is 4. The summed E-state index contributed by atoms with van der Waals surface area (Å²) in [5.41, 5.74) is 2.12. The molecule has 0 spiro atoms. The Morgan fingerprint density at radius 3 is 2.42 bits per heavy atom. The minimum absolute atomic E-state index is 0.0595. The van der Waals surface area contributed by atoms with Crippen LogP contribution < -0.4 is 0 Å². The van der Waals surface area contributed by atoms with Gasteiger partial charge in [0, 0.05) is 17.2 Å². The van der Waals surface area contributed by atoms with Crippen molar-refractivity contribution in [1.82, 2.24) is 9.97 Å². The van der Waals surface area contributed by atoms with E-state index in [1.807, 2.05) is 6.92 Å². The van der Waals surface area contributed by atoms with Crippen LogP contribution >= 0.6 is 0 Å². The number of benzene rings is 3. The Kier molecular flexibility index (Phi) is 6.07. The molecule has 4 rings (SSSR count). The average Bonchev–Trinajstić information content (AvgIpc) is 3.21. The maximum absolute atomic E-state index is 13.9. The fourth-order valence-electron chi connectivity index (χ4n) is 3.85. The molecule has 0 radical (unpaired) electrons. The number of allylic oxidation sites excluding steroid dienone is 1. The maximum Gasteiger partial charge on any atom is 0.200 e. The molecular weight excluding hydrogens is 426 g/mol. The van der Waals surface area contributed by atoms with Gasteiger partial charge in [-0.05, 0) is 48.7 Å².